The van der Waals surface area contributed by atoms with Crippen molar-refractivity contribution in [3.8, 4) is 0 Å². The molecule has 2 aliphatic rings. The van der Waals surface area contributed by atoms with Crippen molar-refractivity contribution in [1.29, 1.82) is 0 Å². The van der Waals surface area contributed by atoms with Crippen LogP contribution in [0.4, 0.5) is 0 Å². The fraction of sp³-hybridized carbons (Fsp3) is 1.00. The molecule has 0 bridgehead atoms. The Balaban J connectivity index is 2.04. The van der Waals surface area contributed by atoms with Crippen LogP contribution in [-0.4, -0.2) is 10.7 Å². The topological polar surface area (TPSA) is 20.2 Å². The van der Waals surface area contributed by atoms with Crippen LogP contribution in [0.3, 0.4) is 0 Å². The molecular weight excluding hydrogens is 196 g/mol. The van der Waals surface area contributed by atoms with E-state index >= 15 is 0 Å². The second kappa shape index (κ2) is 4.01. The van der Waals surface area contributed by atoms with E-state index in [1.54, 1.807) is 0 Å². The van der Waals surface area contributed by atoms with Crippen LogP contribution in [0.2, 0.25) is 0 Å². The zero-order chi connectivity index (χ0) is 12.0. The third-order valence-corrected chi connectivity index (χ3v) is 5.33. The molecule has 0 aromatic heterocycles. The largest absolute Gasteiger partial charge is 0.390 e. The van der Waals surface area contributed by atoms with Crippen LogP contribution in [0.25, 0.3) is 0 Å². The second-order valence-corrected chi connectivity index (χ2v) is 7.31. The van der Waals surface area contributed by atoms with Gasteiger partial charge >= 0.3 is 0 Å². The van der Waals surface area contributed by atoms with E-state index in [1.807, 2.05) is 6.92 Å². The smallest absolute Gasteiger partial charge is 0.0622 e. The summed E-state index contributed by atoms with van der Waals surface area (Å²) in [4.78, 5) is 0. The van der Waals surface area contributed by atoms with Crippen molar-refractivity contribution in [1.82, 2.24) is 0 Å². The normalized spacial score (nSPS) is 48.2. The van der Waals surface area contributed by atoms with Gasteiger partial charge < -0.3 is 5.11 Å². The number of rotatable bonds is 0. The zero-order valence-corrected chi connectivity index (χ0v) is 11.4. The van der Waals surface area contributed by atoms with Crippen LogP contribution in [0, 0.1) is 23.2 Å². The SMILES string of the molecule is CC1CCCC(C)(O)CC2C(CC1)C2(C)C. The van der Waals surface area contributed by atoms with E-state index in [9.17, 15) is 5.11 Å². The summed E-state index contributed by atoms with van der Waals surface area (Å²) in [5.74, 6) is 2.50. The van der Waals surface area contributed by atoms with Crippen molar-refractivity contribution in [3.63, 3.8) is 0 Å². The molecule has 4 atom stereocenters. The highest BCUT2D eigenvalue weighted by Crippen LogP contribution is 2.63. The van der Waals surface area contributed by atoms with Crippen molar-refractivity contribution >= 4 is 0 Å². The van der Waals surface area contributed by atoms with Crippen LogP contribution in [0.5, 0.6) is 0 Å². The van der Waals surface area contributed by atoms with Gasteiger partial charge in [-0.05, 0) is 49.4 Å². The Morgan fingerprint density at radius 3 is 2.38 bits per heavy atom. The predicted octanol–water partition coefficient (Wildman–Crippen LogP) is 4.00. The first-order valence-electron chi connectivity index (χ1n) is 7.05. The summed E-state index contributed by atoms with van der Waals surface area (Å²) >= 11 is 0. The first-order valence-corrected chi connectivity index (χ1v) is 7.05. The molecule has 0 saturated heterocycles. The minimum absolute atomic E-state index is 0.409. The Labute approximate surface area is 101 Å². The van der Waals surface area contributed by atoms with E-state index in [1.165, 1.54) is 25.7 Å². The molecule has 4 unspecified atom stereocenters. The van der Waals surface area contributed by atoms with Gasteiger partial charge in [-0.2, -0.15) is 0 Å². The minimum Gasteiger partial charge on any atom is -0.390 e. The molecule has 0 aromatic carbocycles. The molecule has 2 fully saturated rings. The second-order valence-electron chi connectivity index (χ2n) is 7.31. The van der Waals surface area contributed by atoms with E-state index in [4.69, 9.17) is 0 Å². The van der Waals surface area contributed by atoms with Gasteiger partial charge in [0.2, 0.25) is 0 Å². The van der Waals surface area contributed by atoms with Crippen LogP contribution in [0.15, 0.2) is 0 Å². The first kappa shape index (κ1) is 12.4. The summed E-state index contributed by atoms with van der Waals surface area (Å²) in [6.45, 7) is 9.20. The van der Waals surface area contributed by atoms with E-state index in [2.05, 4.69) is 20.8 Å². The Hall–Kier alpha value is -0.0400. The Morgan fingerprint density at radius 2 is 1.69 bits per heavy atom. The summed E-state index contributed by atoms with van der Waals surface area (Å²) in [6.07, 6.45) is 7.30. The molecule has 94 valence electrons. The van der Waals surface area contributed by atoms with Gasteiger partial charge in [-0.1, -0.05) is 40.0 Å². The van der Waals surface area contributed by atoms with Gasteiger partial charge in [0.1, 0.15) is 0 Å². The maximum Gasteiger partial charge on any atom is 0.0622 e. The molecule has 0 spiro atoms. The quantitative estimate of drug-likeness (QED) is 0.659. The lowest BCUT2D eigenvalue weighted by Gasteiger charge is -2.25. The van der Waals surface area contributed by atoms with Crippen molar-refractivity contribution in [2.24, 2.45) is 23.2 Å². The van der Waals surface area contributed by atoms with Crippen molar-refractivity contribution in [3.05, 3.63) is 0 Å². The molecule has 0 amide bonds. The van der Waals surface area contributed by atoms with Gasteiger partial charge in [-0.25, -0.2) is 0 Å². The van der Waals surface area contributed by atoms with Gasteiger partial charge in [-0.3, -0.25) is 0 Å². The van der Waals surface area contributed by atoms with Crippen LogP contribution >= 0.6 is 0 Å². The van der Waals surface area contributed by atoms with E-state index in [0.29, 0.717) is 5.41 Å². The van der Waals surface area contributed by atoms with Gasteiger partial charge in [0.05, 0.1) is 5.60 Å². The number of hydrogen-bond acceptors (Lipinski definition) is 1. The van der Waals surface area contributed by atoms with Crippen LogP contribution in [-0.2, 0) is 0 Å². The standard InChI is InChI=1S/C15H28O/c1-11-6-5-9-15(4,16)10-13-12(8-7-11)14(13,2)3/h11-13,16H,5-10H2,1-4H3. The van der Waals surface area contributed by atoms with E-state index < -0.39 is 5.60 Å². The Bertz CT molecular complexity index is 254. The van der Waals surface area contributed by atoms with E-state index in [0.717, 1.165) is 30.6 Å². The fourth-order valence-electron chi connectivity index (χ4n) is 3.85. The molecule has 2 saturated carbocycles. The number of fused-ring (bicyclic) bond motifs is 1. The summed E-state index contributed by atoms with van der Waals surface area (Å²) in [5.41, 5.74) is 0.0851. The molecule has 2 aliphatic carbocycles. The number of aliphatic hydroxyl groups is 1. The highest BCUT2D eigenvalue weighted by Gasteiger charge is 2.58. The molecule has 1 nitrogen and oxygen atoms in total. The summed E-state index contributed by atoms with van der Waals surface area (Å²) in [6, 6.07) is 0. The molecule has 16 heavy (non-hydrogen) atoms. The molecule has 1 N–H and O–H groups in total. The van der Waals surface area contributed by atoms with Gasteiger partial charge in [0, 0.05) is 0 Å². The monoisotopic (exact) mass is 224 g/mol. The molecule has 0 aromatic rings. The highest BCUT2D eigenvalue weighted by atomic mass is 16.3. The average Bonchev–Trinajstić information content (AvgIpc) is 2.63. The van der Waals surface area contributed by atoms with E-state index in [-0.39, 0.29) is 0 Å². The molecule has 2 rings (SSSR count). The molecule has 1 heteroatoms. The van der Waals surface area contributed by atoms with Crippen molar-refractivity contribution in [2.45, 2.75) is 71.8 Å². The Morgan fingerprint density at radius 1 is 1.00 bits per heavy atom. The fourth-order valence-corrected chi connectivity index (χ4v) is 3.85. The molecule has 0 heterocycles. The summed E-state index contributed by atoms with van der Waals surface area (Å²) in [5, 5.41) is 10.4. The van der Waals surface area contributed by atoms with Crippen molar-refractivity contribution < 1.29 is 5.11 Å². The minimum atomic E-state index is -0.409. The lowest BCUT2D eigenvalue weighted by molar-refractivity contribution is 0.0276. The molecule has 0 aliphatic heterocycles. The van der Waals surface area contributed by atoms with Crippen LogP contribution < -0.4 is 0 Å². The summed E-state index contributed by atoms with van der Waals surface area (Å²) in [7, 11) is 0. The lowest BCUT2D eigenvalue weighted by atomic mass is 9.87. The predicted molar refractivity (Wildman–Crippen MR) is 68.3 cm³/mol. The van der Waals surface area contributed by atoms with Crippen molar-refractivity contribution in [2.75, 3.05) is 0 Å². The zero-order valence-electron chi connectivity index (χ0n) is 11.4. The van der Waals surface area contributed by atoms with Gasteiger partial charge in [-0.15, -0.1) is 0 Å². The number of hydrogen-bond donors (Lipinski definition) is 1. The Kier molecular flexibility index (Phi) is 3.11. The first-order chi connectivity index (χ1) is 7.33. The van der Waals surface area contributed by atoms with Gasteiger partial charge in [0.15, 0.2) is 0 Å². The van der Waals surface area contributed by atoms with Crippen LogP contribution in [0.1, 0.15) is 66.2 Å². The third-order valence-electron chi connectivity index (χ3n) is 5.33. The third kappa shape index (κ3) is 2.45. The summed E-state index contributed by atoms with van der Waals surface area (Å²) < 4.78 is 0. The van der Waals surface area contributed by atoms with Gasteiger partial charge in [0.25, 0.3) is 0 Å². The average molecular weight is 224 g/mol. The molecule has 0 radical (unpaired) electrons. The lowest BCUT2D eigenvalue weighted by Crippen LogP contribution is -2.26. The molecular formula is C15H28O. The maximum atomic E-state index is 10.4. The maximum absolute atomic E-state index is 10.4. The highest BCUT2D eigenvalue weighted by molar-refractivity contribution is 5.06.